The second-order valence-corrected chi connectivity index (χ2v) is 9.52. The Morgan fingerprint density at radius 2 is 1.79 bits per heavy atom. The fraction of sp³-hybridized carbons (Fsp3) is 0.400. The van der Waals surface area contributed by atoms with Crippen LogP contribution in [0.1, 0.15) is 25.8 Å². The fourth-order valence-electron chi connectivity index (χ4n) is 3.63. The Hall–Kier alpha value is -2.49. The maximum absolute atomic E-state index is 13.0. The lowest BCUT2D eigenvalue weighted by Crippen LogP contribution is -2.42. The van der Waals surface area contributed by atoms with Crippen molar-refractivity contribution in [3.05, 3.63) is 64.2 Å². The molecule has 156 valence electrons. The number of benzene rings is 2. The van der Waals surface area contributed by atoms with Crippen molar-refractivity contribution >= 4 is 21.4 Å². The van der Waals surface area contributed by atoms with Crippen LogP contribution in [0.3, 0.4) is 0 Å². The SMILES string of the molecule is C[C@H]1C[C@H](C)CN(S(=O)(=O)c2ccc(NOCc3ccccc3)c([N+](=O)[O-])c2)C1. The topological polar surface area (TPSA) is 102 Å². The summed E-state index contributed by atoms with van der Waals surface area (Å²) in [4.78, 5) is 16.2. The highest BCUT2D eigenvalue weighted by molar-refractivity contribution is 7.89. The van der Waals surface area contributed by atoms with E-state index >= 15 is 0 Å². The summed E-state index contributed by atoms with van der Waals surface area (Å²) in [6.07, 6.45) is 0.966. The van der Waals surface area contributed by atoms with E-state index in [1.165, 1.54) is 16.4 Å². The molecule has 1 fully saturated rings. The summed E-state index contributed by atoms with van der Waals surface area (Å²) in [6, 6.07) is 13.2. The lowest BCUT2D eigenvalue weighted by atomic mass is 9.94. The van der Waals surface area contributed by atoms with Gasteiger partial charge in [0, 0.05) is 19.2 Å². The molecule has 1 aliphatic heterocycles. The van der Waals surface area contributed by atoms with Gasteiger partial charge in [-0.05, 0) is 36.0 Å². The van der Waals surface area contributed by atoms with Gasteiger partial charge in [0.2, 0.25) is 10.0 Å². The summed E-state index contributed by atoms with van der Waals surface area (Å²) in [5.41, 5.74) is 3.22. The Kier molecular flexibility index (Phi) is 6.51. The average molecular weight is 420 g/mol. The number of nitro benzene ring substituents is 1. The third-order valence-electron chi connectivity index (χ3n) is 4.90. The molecule has 2 atom stereocenters. The van der Waals surface area contributed by atoms with E-state index in [0.717, 1.165) is 18.1 Å². The van der Waals surface area contributed by atoms with Crippen LogP contribution >= 0.6 is 0 Å². The highest BCUT2D eigenvalue weighted by Gasteiger charge is 2.33. The Morgan fingerprint density at radius 1 is 1.14 bits per heavy atom. The standard InChI is InChI=1S/C20H25N3O5S/c1-15-10-16(2)13-22(12-15)29(26,27)18-8-9-19(20(11-18)23(24)25)21-28-14-17-6-4-3-5-7-17/h3-9,11,15-16,21H,10,12-14H2,1-2H3/t15-,16-/m0/s1. The van der Waals surface area contributed by atoms with Crippen molar-refractivity contribution in [3.63, 3.8) is 0 Å². The average Bonchev–Trinajstić information content (AvgIpc) is 2.68. The van der Waals surface area contributed by atoms with Crippen LogP contribution in [0.15, 0.2) is 53.4 Å². The largest absolute Gasteiger partial charge is 0.295 e. The lowest BCUT2D eigenvalue weighted by molar-refractivity contribution is -0.384. The van der Waals surface area contributed by atoms with Crippen molar-refractivity contribution in [2.75, 3.05) is 18.6 Å². The summed E-state index contributed by atoms with van der Waals surface area (Å²) in [5.74, 6) is 0.492. The molecule has 0 unspecified atom stereocenters. The van der Waals surface area contributed by atoms with E-state index in [0.29, 0.717) is 13.1 Å². The number of hydrogen-bond donors (Lipinski definition) is 1. The van der Waals surface area contributed by atoms with Crippen molar-refractivity contribution in [2.45, 2.75) is 31.8 Å². The van der Waals surface area contributed by atoms with Gasteiger partial charge in [-0.15, -0.1) is 0 Å². The molecule has 8 nitrogen and oxygen atoms in total. The fourth-order valence-corrected chi connectivity index (χ4v) is 5.33. The van der Waals surface area contributed by atoms with Gasteiger partial charge in [0.05, 0.1) is 16.4 Å². The molecule has 1 N–H and O–H groups in total. The number of nitrogens with zero attached hydrogens (tertiary/aromatic N) is 2. The third kappa shape index (κ3) is 5.11. The normalized spacial score (nSPS) is 20.3. The van der Waals surface area contributed by atoms with Crippen LogP contribution in [-0.2, 0) is 21.5 Å². The first-order valence-electron chi connectivity index (χ1n) is 9.47. The van der Waals surface area contributed by atoms with Gasteiger partial charge < -0.3 is 0 Å². The smallest absolute Gasteiger partial charge is 0.271 e. The van der Waals surface area contributed by atoms with Crippen LogP contribution in [0, 0.1) is 22.0 Å². The van der Waals surface area contributed by atoms with Crippen LogP contribution in [0.25, 0.3) is 0 Å². The van der Waals surface area contributed by atoms with Crippen molar-refractivity contribution in [3.8, 4) is 0 Å². The zero-order valence-electron chi connectivity index (χ0n) is 16.4. The van der Waals surface area contributed by atoms with E-state index < -0.39 is 14.9 Å². The number of piperidine rings is 1. The Labute approximate surface area is 170 Å². The Bertz CT molecular complexity index is 955. The lowest BCUT2D eigenvalue weighted by Gasteiger charge is -2.34. The van der Waals surface area contributed by atoms with Gasteiger partial charge in [0.15, 0.2) is 0 Å². The summed E-state index contributed by atoms with van der Waals surface area (Å²) < 4.78 is 27.5. The number of hydrogen-bond acceptors (Lipinski definition) is 6. The first-order valence-corrected chi connectivity index (χ1v) is 10.9. The molecule has 0 amide bonds. The summed E-state index contributed by atoms with van der Waals surface area (Å²) in [7, 11) is -3.80. The molecule has 0 radical (unpaired) electrons. The predicted molar refractivity (Wildman–Crippen MR) is 110 cm³/mol. The molecule has 0 spiro atoms. The molecule has 29 heavy (non-hydrogen) atoms. The van der Waals surface area contributed by atoms with E-state index in [1.807, 2.05) is 44.2 Å². The second kappa shape index (κ2) is 8.89. The van der Waals surface area contributed by atoms with E-state index in [2.05, 4.69) is 5.48 Å². The summed E-state index contributed by atoms with van der Waals surface area (Å²) in [6.45, 7) is 5.07. The van der Waals surface area contributed by atoms with Gasteiger partial charge in [0.25, 0.3) is 5.69 Å². The quantitative estimate of drug-likeness (QED) is 0.541. The molecule has 1 heterocycles. The molecule has 2 aromatic carbocycles. The van der Waals surface area contributed by atoms with E-state index in [4.69, 9.17) is 4.84 Å². The van der Waals surface area contributed by atoms with Crippen LogP contribution in [0.2, 0.25) is 0 Å². The van der Waals surface area contributed by atoms with E-state index in [-0.39, 0.29) is 34.7 Å². The summed E-state index contributed by atoms with van der Waals surface area (Å²) in [5, 5.41) is 11.5. The van der Waals surface area contributed by atoms with Crippen LogP contribution in [0.4, 0.5) is 11.4 Å². The number of sulfonamides is 1. The minimum Gasteiger partial charge on any atom is -0.271 e. The van der Waals surface area contributed by atoms with Crippen LogP contribution in [-0.4, -0.2) is 30.7 Å². The minimum absolute atomic E-state index is 0.0842. The van der Waals surface area contributed by atoms with Crippen LogP contribution < -0.4 is 5.48 Å². The monoisotopic (exact) mass is 419 g/mol. The number of rotatable bonds is 7. The molecular formula is C20H25N3O5S. The molecule has 1 aliphatic rings. The molecule has 0 saturated carbocycles. The van der Waals surface area contributed by atoms with Gasteiger partial charge in [0.1, 0.15) is 5.69 Å². The van der Waals surface area contributed by atoms with Crippen molar-refractivity contribution in [1.82, 2.24) is 4.31 Å². The van der Waals surface area contributed by atoms with Gasteiger partial charge in [-0.25, -0.2) is 8.42 Å². The van der Waals surface area contributed by atoms with Crippen molar-refractivity contribution in [2.24, 2.45) is 11.8 Å². The zero-order valence-corrected chi connectivity index (χ0v) is 17.3. The maximum atomic E-state index is 13.0. The minimum atomic E-state index is -3.80. The molecule has 9 heteroatoms. The van der Waals surface area contributed by atoms with Gasteiger partial charge in [-0.1, -0.05) is 44.2 Å². The predicted octanol–water partition coefficient (Wildman–Crippen LogP) is 3.81. The highest BCUT2D eigenvalue weighted by atomic mass is 32.2. The molecule has 3 rings (SSSR count). The first kappa shape index (κ1) is 21.2. The van der Waals surface area contributed by atoms with Gasteiger partial charge >= 0.3 is 0 Å². The van der Waals surface area contributed by atoms with Gasteiger partial charge in [-0.3, -0.25) is 20.4 Å². The maximum Gasteiger partial charge on any atom is 0.295 e. The molecule has 0 bridgehead atoms. The number of anilines is 1. The second-order valence-electron chi connectivity index (χ2n) is 7.58. The van der Waals surface area contributed by atoms with Gasteiger partial charge in [-0.2, -0.15) is 4.31 Å². The third-order valence-corrected chi connectivity index (χ3v) is 6.73. The Balaban J connectivity index is 1.79. The number of nitro groups is 1. The van der Waals surface area contributed by atoms with Crippen LogP contribution in [0.5, 0.6) is 0 Å². The Morgan fingerprint density at radius 3 is 2.41 bits per heavy atom. The molecule has 2 aromatic rings. The van der Waals surface area contributed by atoms with Crippen molar-refractivity contribution in [1.29, 1.82) is 0 Å². The van der Waals surface area contributed by atoms with Crippen molar-refractivity contribution < 1.29 is 18.2 Å². The first-order chi connectivity index (χ1) is 13.8. The summed E-state index contributed by atoms with van der Waals surface area (Å²) >= 11 is 0. The molecule has 1 saturated heterocycles. The molecule has 0 aliphatic carbocycles. The molecule has 0 aromatic heterocycles. The highest BCUT2D eigenvalue weighted by Crippen LogP contribution is 2.31. The van der Waals surface area contributed by atoms with E-state index in [1.54, 1.807) is 0 Å². The number of nitrogens with one attached hydrogen (secondary N) is 1. The van der Waals surface area contributed by atoms with E-state index in [9.17, 15) is 18.5 Å². The molecular weight excluding hydrogens is 394 g/mol. The zero-order chi connectivity index (χ0) is 21.0.